The molecule has 0 saturated heterocycles. The minimum atomic E-state index is 0.636. The number of benzene rings is 2. The third-order valence-electron chi connectivity index (χ3n) is 3.67. The largest absolute Gasteiger partial charge is 0.496 e. The van der Waals surface area contributed by atoms with E-state index in [1.807, 2.05) is 12.1 Å². The topological polar surface area (TPSA) is 21.3 Å². The maximum atomic E-state index is 5.23. The lowest BCUT2D eigenvalue weighted by Crippen LogP contribution is -2.24. The number of fused-ring (bicyclic) bond motifs is 1. The van der Waals surface area contributed by atoms with Crippen LogP contribution < -0.4 is 10.1 Å². The van der Waals surface area contributed by atoms with Crippen molar-refractivity contribution in [1.82, 2.24) is 0 Å². The summed E-state index contributed by atoms with van der Waals surface area (Å²) in [5.74, 6) is 1.50. The summed E-state index contributed by atoms with van der Waals surface area (Å²) in [5.41, 5.74) is 4.10. The average Bonchev–Trinajstić information content (AvgIpc) is 2.40. The number of halogens is 1. The van der Waals surface area contributed by atoms with Crippen LogP contribution in [0.1, 0.15) is 17.0 Å². The van der Waals surface area contributed by atoms with Crippen LogP contribution in [0.15, 0.2) is 46.9 Å². The van der Waals surface area contributed by atoms with Gasteiger partial charge in [-0.05, 0) is 51.7 Å². The summed E-state index contributed by atoms with van der Waals surface area (Å²) >= 11 is 3.51. The highest BCUT2D eigenvalue weighted by Crippen LogP contribution is 2.35. The van der Waals surface area contributed by atoms with Gasteiger partial charge in [-0.15, -0.1) is 0 Å². The Balaban J connectivity index is 1.64. The summed E-state index contributed by atoms with van der Waals surface area (Å²) in [6.45, 7) is 0.982. The molecule has 0 radical (unpaired) electrons. The van der Waals surface area contributed by atoms with E-state index in [1.165, 1.54) is 17.5 Å². The molecule has 1 unspecified atom stereocenters. The summed E-state index contributed by atoms with van der Waals surface area (Å²) < 4.78 is 6.21. The van der Waals surface area contributed by atoms with Gasteiger partial charge in [0.1, 0.15) is 5.75 Å². The Labute approximate surface area is 121 Å². The number of hydrogen-bond donors (Lipinski definition) is 1. The van der Waals surface area contributed by atoms with Crippen molar-refractivity contribution in [3.63, 3.8) is 0 Å². The minimum absolute atomic E-state index is 0.636. The number of hydrogen-bond acceptors (Lipinski definition) is 2. The van der Waals surface area contributed by atoms with E-state index in [2.05, 4.69) is 51.6 Å². The predicted molar refractivity (Wildman–Crippen MR) is 82.1 cm³/mol. The van der Waals surface area contributed by atoms with Crippen molar-refractivity contribution in [2.75, 3.05) is 19.0 Å². The monoisotopic (exact) mass is 317 g/mol. The zero-order valence-corrected chi connectivity index (χ0v) is 12.4. The fourth-order valence-electron chi connectivity index (χ4n) is 2.56. The molecule has 2 nitrogen and oxygen atoms in total. The fraction of sp³-hybridized carbons (Fsp3) is 0.250. The Morgan fingerprint density at radius 1 is 1.26 bits per heavy atom. The Morgan fingerprint density at radius 3 is 2.84 bits per heavy atom. The molecule has 0 heterocycles. The van der Waals surface area contributed by atoms with Gasteiger partial charge in [0.05, 0.1) is 11.6 Å². The number of nitrogens with one attached hydrogen (secondary N) is 1. The van der Waals surface area contributed by atoms with Gasteiger partial charge >= 0.3 is 0 Å². The molecule has 3 heteroatoms. The smallest absolute Gasteiger partial charge is 0.133 e. The van der Waals surface area contributed by atoms with Crippen molar-refractivity contribution in [2.45, 2.75) is 12.3 Å². The van der Waals surface area contributed by atoms with E-state index in [-0.39, 0.29) is 0 Å². The summed E-state index contributed by atoms with van der Waals surface area (Å²) in [6.07, 6.45) is 1.18. The van der Waals surface area contributed by atoms with Gasteiger partial charge in [-0.2, -0.15) is 0 Å². The van der Waals surface area contributed by atoms with Gasteiger partial charge < -0.3 is 10.1 Å². The molecule has 0 aliphatic heterocycles. The highest BCUT2D eigenvalue weighted by atomic mass is 79.9. The molecule has 1 atom stereocenters. The molecular formula is C16H16BrNO. The molecule has 0 saturated carbocycles. The molecule has 2 aromatic rings. The first-order chi connectivity index (χ1) is 9.28. The Bertz CT molecular complexity index is 597. The first-order valence-electron chi connectivity index (χ1n) is 6.43. The lowest BCUT2D eigenvalue weighted by molar-refractivity contribution is 0.412. The number of anilines is 1. The maximum absolute atomic E-state index is 5.23. The normalized spacial score (nSPS) is 16.4. The molecule has 0 bridgehead atoms. The van der Waals surface area contributed by atoms with Crippen molar-refractivity contribution in [3.05, 3.63) is 58.1 Å². The van der Waals surface area contributed by atoms with Crippen LogP contribution in [0.3, 0.4) is 0 Å². The van der Waals surface area contributed by atoms with Crippen LogP contribution in [0.25, 0.3) is 0 Å². The predicted octanol–water partition coefficient (Wildman–Crippen LogP) is 4.21. The first-order valence-corrected chi connectivity index (χ1v) is 7.22. The molecule has 3 rings (SSSR count). The maximum Gasteiger partial charge on any atom is 0.133 e. The van der Waals surface area contributed by atoms with Crippen LogP contribution in [0.4, 0.5) is 5.69 Å². The Hall–Kier alpha value is -1.48. The third-order valence-corrected chi connectivity index (χ3v) is 4.29. The second-order valence-electron chi connectivity index (χ2n) is 4.83. The summed E-state index contributed by atoms with van der Waals surface area (Å²) in [6, 6.07) is 14.8. The Morgan fingerprint density at radius 2 is 2.11 bits per heavy atom. The molecular weight excluding hydrogens is 302 g/mol. The average molecular weight is 318 g/mol. The van der Waals surface area contributed by atoms with Crippen molar-refractivity contribution in [1.29, 1.82) is 0 Å². The van der Waals surface area contributed by atoms with Crippen molar-refractivity contribution in [2.24, 2.45) is 0 Å². The second kappa shape index (κ2) is 5.25. The molecule has 1 N–H and O–H groups in total. The van der Waals surface area contributed by atoms with Crippen LogP contribution in [0.2, 0.25) is 0 Å². The second-order valence-corrected chi connectivity index (χ2v) is 5.68. The molecule has 98 valence electrons. The molecule has 0 fully saturated rings. The van der Waals surface area contributed by atoms with Crippen LogP contribution in [-0.2, 0) is 6.42 Å². The number of methoxy groups -OCH3 is 1. The van der Waals surface area contributed by atoms with Gasteiger partial charge in [0.2, 0.25) is 0 Å². The van der Waals surface area contributed by atoms with E-state index in [0.29, 0.717) is 5.92 Å². The molecule has 0 amide bonds. The third kappa shape index (κ3) is 2.47. The molecule has 2 aromatic carbocycles. The van der Waals surface area contributed by atoms with E-state index >= 15 is 0 Å². The molecule has 0 aromatic heterocycles. The van der Waals surface area contributed by atoms with Gasteiger partial charge in [-0.1, -0.05) is 24.3 Å². The molecule has 0 spiro atoms. The van der Waals surface area contributed by atoms with Crippen LogP contribution >= 0.6 is 15.9 Å². The van der Waals surface area contributed by atoms with Crippen molar-refractivity contribution in [3.8, 4) is 5.75 Å². The van der Waals surface area contributed by atoms with Gasteiger partial charge in [-0.3, -0.25) is 0 Å². The van der Waals surface area contributed by atoms with Gasteiger partial charge in [-0.25, -0.2) is 0 Å². The van der Waals surface area contributed by atoms with Crippen LogP contribution in [-0.4, -0.2) is 13.7 Å². The van der Waals surface area contributed by atoms with Gasteiger partial charge in [0.15, 0.2) is 0 Å². The summed E-state index contributed by atoms with van der Waals surface area (Å²) in [5, 5.41) is 3.49. The minimum Gasteiger partial charge on any atom is -0.496 e. The lowest BCUT2D eigenvalue weighted by atomic mass is 9.77. The van der Waals surface area contributed by atoms with Crippen molar-refractivity contribution >= 4 is 21.6 Å². The van der Waals surface area contributed by atoms with E-state index < -0.39 is 0 Å². The number of ether oxygens (including phenoxy) is 1. The quantitative estimate of drug-likeness (QED) is 0.912. The zero-order chi connectivity index (χ0) is 13.2. The van der Waals surface area contributed by atoms with E-state index in [4.69, 9.17) is 4.74 Å². The van der Waals surface area contributed by atoms with Crippen LogP contribution in [0.5, 0.6) is 5.75 Å². The van der Waals surface area contributed by atoms with E-state index in [1.54, 1.807) is 7.11 Å². The summed E-state index contributed by atoms with van der Waals surface area (Å²) in [4.78, 5) is 0. The van der Waals surface area contributed by atoms with E-state index in [9.17, 15) is 0 Å². The van der Waals surface area contributed by atoms with Gasteiger partial charge in [0, 0.05) is 18.2 Å². The zero-order valence-electron chi connectivity index (χ0n) is 10.8. The van der Waals surface area contributed by atoms with E-state index in [0.717, 1.165) is 22.5 Å². The lowest BCUT2D eigenvalue weighted by Gasteiger charge is -2.30. The Kier molecular flexibility index (Phi) is 3.47. The first kappa shape index (κ1) is 12.5. The van der Waals surface area contributed by atoms with Crippen molar-refractivity contribution < 1.29 is 4.74 Å². The van der Waals surface area contributed by atoms with Gasteiger partial charge in [0.25, 0.3) is 0 Å². The molecule has 1 aliphatic carbocycles. The summed E-state index contributed by atoms with van der Waals surface area (Å²) in [7, 11) is 1.68. The fourth-order valence-corrected chi connectivity index (χ4v) is 3.10. The highest BCUT2D eigenvalue weighted by Gasteiger charge is 2.24. The highest BCUT2D eigenvalue weighted by molar-refractivity contribution is 9.10. The standard InChI is InChI=1S/C16H16BrNO/c1-19-16-7-6-13(9-15(16)17)18-10-12-8-11-4-2-3-5-14(11)12/h2-7,9,12,18H,8,10H2,1H3. The molecule has 1 aliphatic rings. The number of rotatable bonds is 4. The van der Waals surface area contributed by atoms with Crippen LogP contribution in [0, 0.1) is 0 Å². The molecule has 19 heavy (non-hydrogen) atoms. The SMILES string of the molecule is COc1ccc(NCC2Cc3ccccc32)cc1Br.